The molecule has 1 N–H and O–H groups in total. The van der Waals surface area contributed by atoms with Crippen LogP contribution in [0.25, 0.3) is 0 Å². The van der Waals surface area contributed by atoms with E-state index >= 15 is 0 Å². The van der Waals surface area contributed by atoms with Crippen LogP contribution in [0.15, 0.2) is 47.6 Å². The molecule has 2 aromatic carbocycles. The molecule has 8 nitrogen and oxygen atoms in total. The van der Waals surface area contributed by atoms with E-state index in [-0.39, 0.29) is 28.4 Å². The molecule has 0 spiro atoms. The van der Waals surface area contributed by atoms with Crippen LogP contribution >= 0.6 is 23.4 Å². The van der Waals surface area contributed by atoms with E-state index < -0.39 is 5.97 Å². The number of carbonyl (C=O) groups excluding carboxylic acids is 2. The van der Waals surface area contributed by atoms with Gasteiger partial charge in [-0.3, -0.25) is 4.79 Å². The number of rotatable bonds is 11. The summed E-state index contributed by atoms with van der Waals surface area (Å²) in [6.07, 6.45) is -0.329. The van der Waals surface area contributed by atoms with Crippen LogP contribution in [0.5, 0.6) is 5.75 Å². The second-order valence-electron chi connectivity index (χ2n) is 9.35. The summed E-state index contributed by atoms with van der Waals surface area (Å²) < 4.78 is 12.9. The lowest BCUT2D eigenvalue weighted by Crippen LogP contribution is -2.17. The zero-order valence-corrected chi connectivity index (χ0v) is 23.5. The number of thioether (sulfide) groups is 1. The topological polar surface area (TPSA) is 95.3 Å². The van der Waals surface area contributed by atoms with Crippen molar-refractivity contribution in [3.05, 3.63) is 64.4 Å². The van der Waals surface area contributed by atoms with E-state index in [0.717, 1.165) is 5.75 Å². The molecule has 0 saturated carbocycles. The summed E-state index contributed by atoms with van der Waals surface area (Å²) in [6, 6.07) is 12.7. The number of amides is 1. The first-order valence-corrected chi connectivity index (χ1v) is 13.5. The number of ether oxygens (including phenoxy) is 2. The smallest absolute Gasteiger partial charge is 0.339 e. The monoisotopic (exact) mass is 544 g/mol. The van der Waals surface area contributed by atoms with Crippen molar-refractivity contribution in [2.75, 3.05) is 18.2 Å². The molecule has 0 radical (unpaired) electrons. The average molecular weight is 545 g/mol. The van der Waals surface area contributed by atoms with Gasteiger partial charge in [-0.25, -0.2) is 4.79 Å². The van der Waals surface area contributed by atoms with Gasteiger partial charge in [-0.1, -0.05) is 63.2 Å². The number of anilines is 1. The lowest BCUT2D eigenvalue weighted by molar-refractivity contribution is -0.113. The van der Waals surface area contributed by atoms with Gasteiger partial charge < -0.3 is 19.4 Å². The summed E-state index contributed by atoms with van der Waals surface area (Å²) in [5, 5.41) is 12.4. The molecule has 1 heterocycles. The Labute approximate surface area is 227 Å². The molecule has 0 fully saturated rings. The minimum absolute atomic E-state index is 0.109. The Balaban J connectivity index is 1.69. The van der Waals surface area contributed by atoms with Crippen LogP contribution in [0.4, 0.5) is 5.69 Å². The number of esters is 1. The van der Waals surface area contributed by atoms with Gasteiger partial charge in [0.05, 0.1) is 23.4 Å². The summed E-state index contributed by atoms with van der Waals surface area (Å²) in [4.78, 5) is 24.5. The van der Waals surface area contributed by atoms with E-state index in [2.05, 4.69) is 55.3 Å². The summed E-state index contributed by atoms with van der Waals surface area (Å²) in [5.41, 5.74) is 1.88. The van der Waals surface area contributed by atoms with Gasteiger partial charge in [0.1, 0.15) is 5.75 Å². The van der Waals surface area contributed by atoms with Gasteiger partial charge in [-0.15, -0.1) is 10.2 Å². The predicted molar refractivity (Wildman–Crippen MR) is 147 cm³/mol. The predicted octanol–water partition coefficient (Wildman–Crippen LogP) is 6.37. The third-order valence-corrected chi connectivity index (χ3v) is 6.80. The van der Waals surface area contributed by atoms with Crippen molar-refractivity contribution in [3.63, 3.8) is 0 Å². The standard InChI is InChI=1S/C27H33ClN4O4S/c1-16(2)14-32-25(18(5)36-21-10-7-19(8-11-21)17(3)4)30-31-27(32)37-15-24(33)29-20-9-12-23(28)22(13-20)26(34)35-6/h7-13,16-18H,14-15H2,1-6H3,(H,29,33). The van der Waals surface area contributed by atoms with Crippen LogP contribution in [0.3, 0.4) is 0 Å². The number of nitrogens with one attached hydrogen (secondary N) is 1. The maximum absolute atomic E-state index is 12.6. The molecule has 198 valence electrons. The zero-order chi connectivity index (χ0) is 27.1. The minimum atomic E-state index is -0.572. The fraction of sp³-hybridized carbons (Fsp3) is 0.407. The summed E-state index contributed by atoms with van der Waals surface area (Å²) >= 11 is 7.35. The number of benzene rings is 2. The van der Waals surface area contributed by atoms with Crippen LogP contribution in [0, 0.1) is 5.92 Å². The highest BCUT2D eigenvalue weighted by Gasteiger charge is 2.21. The SMILES string of the molecule is COC(=O)c1cc(NC(=O)CSc2nnc(C(C)Oc3ccc(C(C)C)cc3)n2CC(C)C)ccc1Cl. The number of aromatic nitrogens is 3. The van der Waals surface area contributed by atoms with Gasteiger partial charge >= 0.3 is 5.97 Å². The molecule has 0 aliphatic heterocycles. The van der Waals surface area contributed by atoms with Gasteiger partial charge in [0, 0.05) is 12.2 Å². The van der Waals surface area contributed by atoms with Crippen LogP contribution in [0.1, 0.15) is 68.4 Å². The van der Waals surface area contributed by atoms with Crippen LogP contribution < -0.4 is 10.1 Å². The third-order valence-electron chi connectivity index (χ3n) is 5.50. The van der Waals surface area contributed by atoms with Crippen LogP contribution in [-0.4, -0.2) is 39.5 Å². The molecule has 1 atom stereocenters. The first-order valence-electron chi connectivity index (χ1n) is 12.1. The Morgan fingerprint density at radius 1 is 1.05 bits per heavy atom. The molecule has 0 aliphatic carbocycles. The number of nitrogens with zero attached hydrogens (tertiary/aromatic N) is 3. The fourth-order valence-corrected chi connectivity index (χ4v) is 4.58. The van der Waals surface area contributed by atoms with Crippen molar-refractivity contribution in [1.29, 1.82) is 0 Å². The molecule has 3 rings (SSSR count). The highest BCUT2D eigenvalue weighted by atomic mass is 35.5. The van der Waals surface area contributed by atoms with Gasteiger partial charge in [0.15, 0.2) is 17.1 Å². The summed E-state index contributed by atoms with van der Waals surface area (Å²) in [6.45, 7) is 11.2. The summed E-state index contributed by atoms with van der Waals surface area (Å²) in [7, 11) is 1.27. The molecule has 0 saturated heterocycles. The normalized spacial score (nSPS) is 12.0. The number of hydrogen-bond donors (Lipinski definition) is 1. The quantitative estimate of drug-likeness (QED) is 0.221. The Bertz CT molecular complexity index is 1230. The number of hydrogen-bond acceptors (Lipinski definition) is 7. The van der Waals surface area contributed by atoms with Crippen molar-refractivity contribution in [3.8, 4) is 5.75 Å². The van der Waals surface area contributed by atoms with Crippen molar-refractivity contribution in [1.82, 2.24) is 14.8 Å². The largest absolute Gasteiger partial charge is 0.483 e. The first-order chi connectivity index (χ1) is 17.6. The van der Waals surface area contributed by atoms with Crippen molar-refractivity contribution >= 4 is 40.9 Å². The van der Waals surface area contributed by atoms with Crippen molar-refractivity contribution in [2.24, 2.45) is 5.92 Å². The first kappa shape index (κ1) is 28.5. The van der Waals surface area contributed by atoms with E-state index in [1.807, 2.05) is 23.6 Å². The van der Waals surface area contributed by atoms with Gasteiger partial charge in [0.25, 0.3) is 0 Å². The molecule has 10 heteroatoms. The van der Waals surface area contributed by atoms with Crippen molar-refractivity contribution < 1.29 is 19.1 Å². The van der Waals surface area contributed by atoms with Gasteiger partial charge in [-0.2, -0.15) is 0 Å². The number of carbonyl (C=O) groups is 2. The molecule has 3 aromatic rings. The Kier molecular flexibility index (Phi) is 10.00. The molecule has 37 heavy (non-hydrogen) atoms. The summed E-state index contributed by atoms with van der Waals surface area (Å²) in [5.74, 6) is 1.54. The highest BCUT2D eigenvalue weighted by Crippen LogP contribution is 2.27. The third kappa shape index (κ3) is 7.72. The zero-order valence-electron chi connectivity index (χ0n) is 21.9. The van der Waals surface area contributed by atoms with E-state index in [9.17, 15) is 9.59 Å². The molecule has 1 aromatic heterocycles. The lowest BCUT2D eigenvalue weighted by atomic mass is 10.0. The van der Waals surface area contributed by atoms with Crippen molar-refractivity contribution in [2.45, 2.75) is 58.3 Å². The van der Waals surface area contributed by atoms with E-state index in [0.29, 0.717) is 35.0 Å². The van der Waals surface area contributed by atoms with Crippen LogP contribution in [-0.2, 0) is 16.1 Å². The Morgan fingerprint density at radius 2 is 1.76 bits per heavy atom. The van der Waals surface area contributed by atoms with Crippen LogP contribution in [0.2, 0.25) is 5.02 Å². The van der Waals surface area contributed by atoms with Gasteiger partial charge in [-0.05, 0) is 54.7 Å². The Hall–Kier alpha value is -3.04. The molecular weight excluding hydrogens is 512 g/mol. The molecular formula is C27H33ClN4O4S. The molecule has 1 amide bonds. The fourth-order valence-electron chi connectivity index (χ4n) is 3.63. The molecule has 0 aliphatic rings. The number of methoxy groups -OCH3 is 1. The Morgan fingerprint density at radius 3 is 2.38 bits per heavy atom. The highest BCUT2D eigenvalue weighted by molar-refractivity contribution is 7.99. The maximum Gasteiger partial charge on any atom is 0.339 e. The van der Waals surface area contributed by atoms with E-state index in [4.69, 9.17) is 21.1 Å². The minimum Gasteiger partial charge on any atom is -0.483 e. The second-order valence-corrected chi connectivity index (χ2v) is 10.7. The van der Waals surface area contributed by atoms with E-state index in [1.165, 1.54) is 30.5 Å². The van der Waals surface area contributed by atoms with Gasteiger partial charge in [0.2, 0.25) is 5.91 Å². The second kappa shape index (κ2) is 13.0. The maximum atomic E-state index is 12.6. The lowest BCUT2D eigenvalue weighted by Gasteiger charge is -2.18. The molecule has 1 unspecified atom stereocenters. The number of halogens is 1. The van der Waals surface area contributed by atoms with E-state index in [1.54, 1.807) is 12.1 Å². The molecule has 0 bridgehead atoms. The average Bonchev–Trinajstić information content (AvgIpc) is 3.25.